The van der Waals surface area contributed by atoms with Crippen LogP contribution in [0.1, 0.15) is 36.8 Å². The summed E-state index contributed by atoms with van der Waals surface area (Å²) in [5.74, 6) is 0. The van der Waals surface area contributed by atoms with E-state index in [-0.39, 0.29) is 5.41 Å². The zero-order chi connectivity index (χ0) is 36.3. The van der Waals surface area contributed by atoms with Crippen molar-refractivity contribution in [3.8, 4) is 39.1 Å². The van der Waals surface area contributed by atoms with E-state index in [1.165, 1.54) is 103 Å². The molecule has 1 spiro atoms. The highest BCUT2D eigenvalue weighted by molar-refractivity contribution is 6.10. The van der Waals surface area contributed by atoms with Gasteiger partial charge in [0.1, 0.15) is 0 Å². The highest BCUT2D eigenvalue weighted by Gasteiger charge is 2.44. The van der Waals surface area contributed by atoms with Crippen LogP contribution in [0.5, 0.6) is 0 Å². The summed E-state index contributed by atoms with van der Waals surface area (Å²) in [7, 11) is 0. The first-order valence-corrected chi connectivity index (χ1v) is 19.6. The molecule has 11 rings (SSSR count). The zero-order valence-corrected chi connectivity index (χ0v) is 30.7. The summed E-state index contributed by atoms with van der Waals surface area (Å²) in [6, 6.07) is 71.6. The Bertz CT molecular complexity index is 2840. The fraction of sp³-hybridized carbons (Fsp3) is 0.0943. The van der Waals surface area contributed by atoms with Crippen molar-refractivity contribution in [3.63, 3.8) is 0 Å². The second kappa shape index (κ2) is 12.7. The molecule has 0 atom stereocenters. The summed E-state index contributed by atoms with van der Waals surface area (Å²) >= 11 is 0. The molecule has 0 amide bonds. The third-order valence-electron chi connectivity index (χ3n) is 12.3. The highest BCUT2D eigenvalue weighted by Crippen LogP contribution is 2.57. The van der Waals surface area contributed by atoms with Crippen molar-refractivity contribution in [3.05, 3.63) is 205 Å². The molecule has 262 valence electrons. The molecular weight excluding hydrogens is 665 g/mol. The van der Waals surface area contributed by atoms with Crippen LogP contribution >= 0.6 is 0 Å². The SMILES string of the molecule is c1ccc(-c2ccc(N(c3ccc(-c4ccc5c(c4)c4ccccc4n5-c4ccccc4)cc3)c3ccc4c(c3)-c3ccccc3C43CCCC3)cc2)cc1. The second-order valence-electron chi connectivity index (χ2n) is 15.3. The van der Waals surface area contributed by atoms with Crippen molar-refractivity contribution < 1.29 is 0 Å². The van der Waals surface area contributed by atoms with Gasteiger partial charge in [0.15, 0.2) is 0 Å². The normalized spacial score (nSPS) is 14.0. The Morgan fingerprint density at radius 2 is 0.927 bits per heavy atom. The molecule has 0 radical (unpaired) electrons. The van der Waals surface area contributed by atoms with Gasteiger partial charge in [-0.25, -0.2) is 0 Å². The van der Waals surface area contributed by atoms with Gasteiger partial charge in [0.25, 0.3) is 0 Å². The van der Waals surface area contributed by atoms with Crippen molar-refractivity contribution in [2.75, 3.05) is 4.90 Å². The molecule has 8 aromatic carbocycles. The van der Waals surface area contributed by atoms with Crippen LogP contribution in [0.3, 0.4) is 0 Å². The van der Waals surface area contributed by atoms with Gasteiger partial charge < -0.3 is 9.47 Å². The molecule has 2 aliphatic rings. The predicted molar refractivity (Wildman–Crippen MR) is 231 cm³/mol. The number of hydrogen-bond donors (Lipinski definition) is 0. The monoisotopic (exact) mass is 704 g/mol. The van der Waals surface area contributed by atoms with Crippen LogP contribution in [0.25, 0.3) is 60.9 Å². The third kappa shape index (κ3) is 5.09. The molecule has 0 unspecified atom stereocenters. The van der Waals surface area contributed by atoms with Gasteiger partial charge in [-0.05, 0) is 124 Å². The van der Waals surface area contributed by atoms with Gasteiger partial charge in [0, 0.05) is 38.9 Å². The molecule has 2 heteroatoms. The lowest BCUT2D eigenvalue weighted by Crippen LogP contribution is -2.20. The van der Waals surface area contributed by atoms with Crippen LogP contribution in [0.4, 0.5) is 17.1 Å². The van der Waals surface area contributed by atoms with E-state index in [0.717, 1.165) is 11.4 Å². The smallest absolute Gasteiger partial charge is 0.0541 e. The summed E-state index contributed by atoms with van der Waals surface area (Å²) in [6.45, 7) is 0. The summed E-state index contributed by atoms with van der Waals surface area (Å²) in [5.41, 5.74) is 17.9. The van der Waals surface area contributed by atoms with E-state index in [9.17, 15) is 0 Å². The lowest BCUT2D eigenvalue weighted by atomic mass is 9.77. The molecule has 2 nitrogen and oxygen atoms in total. The average molecular weight is 705 g/mol. The van der Waals surface area contributed by atoms with Gasteiger partial charge in [-0.2, -0.15) is 0 Å². The quantitative estimate of drug-likeness (QED) is 0.167. The van der Waals surface area contributed by atoms with Crippen LogP contribution in [-0.2, 0) is 5.41 Å². The van der Waals surface area contributed by atoms with E-state index in [0.29, 0.717) is 0 Å². The van der Waals surface area contributed by atoms with Crippen molar-refractivity contribution in [2.24, 2.45) is 0 Å². The van der Waals surface area contributed by atoms with E-state index in [1.807, 2.05) is 0 Å². The topological polar surface area (TPSA) is 8.17 Å². The molecule has 55 heavy (non-hydrogen) atoms. The Morgan fingerprint density at radius 3 is 1.67 bits per heavy atom. The maximum Gasteiger partial charge on any atom is 0.0541 e. The van der Waals surface area contributed by atoms with Gasteiger partial charge in [-0.3, -0.25) is 0 Å². The van der Waals surface area contributed by atoms with Crippen LogP contribution in [0.15, 0.2) is 194 Å². The van der Waals surface area contributed by atoms with Crippen LogP contribution in [0.2, 0.25) is 0 Å². The van der Waals surface area contributed by atoms with Gasteiger partial charge in [0.2, 0.25) is 0 Å². The Hall–Kier alpha value is -6.64. The molecule has 0 saturated heterocycles. The Kier molecular flexibility index (Phi) is 7.38. The fourth-order valence-corrected chi connectivity index (χ4v) is 9.80. The van der Waals surface area contributed by atoms with E-state index < -0.39 is 0 Å². The van der Waals surface area contributed by atoms with E-state index in [1.54, 1.807) is 0 Å². The summed E-state index contributed by atoms with van der Waals surface area (Å²) in [5, 5.41) is 2.53. The molecule has 9 aromatic rings. The average Bonchev–Trinajstić information content (AvgIpc) is 3.96. The molecule has 0 bridgehead atoms. The summed E-state index contributed by atoms with van der Waals surface area (Å²) in [4.78, 5) is 2.43. The summed E-state index contributed by atoms with van der Waals surface area (Å²) in [6.07, 6.45) is 5.07. The second-order valence-corrected chi connectivity index (χ2v) is 15.3. The summed E-state index contributed by atoms with van der Waals surface area (Å²) < 4.78 is 2.38. The van der Waals surface area contributed by atoms with Gasteiger partial charge in [0.05, 0.1) is 11.0 Å². The number of fused-ring (bicyclic) bond motifs is 8. The Labute approximate surface area is 322 Å². The van der Waals surface area contributed by atoms with E-state index >= 15 is 0 Å². The minimum Gasteiger partial charge on any atom is -0.310 e. The standard InChI is InChI=1S/C53H40N2/c1-3-13-37(14-4-1)38-21-26-42(27-22-38)54(44-30-31-50-47(36-44)45-17-7-9-19-49(45)53(50)33-11-12-34-53)43-28-23-39(24-29-43)40-25-32-52-48(35-40)46-18-8-10-20-51(46)55(52)41-15-5-2-6-16-41/h1-10,13-32,35-36H,11-12,33-34H2. The van der Waals surface area contributed by atoms with Crippen molar-refractivity contribution in [2.45, 2.75) is 31.1 Å². The minimum atomic E-state index is 0.156. The first-order valence-electron chi connectivity index (χ1n) is 19.6. The van der Waals surface area contributed by atoms with E-state index in [2.05, 4.69) is 204 Å². The molecule has 1 aromatic heterocycles. The van der Waals surface area contributed by atoms with Crippen molar-refractivity contribution >= 4 is 38.9 Å². The number of anilines is 3. The molecular formula is C53H40N2. The van der Waals surface area contributed by atoms with Crippen molar-refractivity contribution in [1.82, 2.24) is 4.57 Å². The van der Waals surface area contributed by atoms with Gasteiger partial charge in [-0.1, -0.05) is 140 Å². The van der Waals surface area contributed by atoms with Crippen molar-refractivity contribution in [1.29, 1.82) is 0 Å². The molecule has 1 fully saturated rings. The lowest BCUT2D eigenvalue weighted by Gasteiger charge is -2.29. The van der Waals surface area contributed by atoms with E-state index in [4.69, 9.17) is 0 Å². The molecule has 0 aliphatic heterocycles. The first kappa shape index (κ1) is 31.8. The molecule has 1 heterocycles. The lowest BCUT2D eigenvalue weighted by molar-refractivity contribution is 0.550. The van der Waals surface area contributed by atoms with Crippen LogP contribution in [-0.4, -0.2) is 4.57 Å². The minimum absolute atomic E-state index is 0.156. The predicted octanol–water partition coefficient (Wildman–Crippen LogP) is 14.4. The molecule has 2 aliphatic carbocycles. The Balaban J connectivity index is 1.02. The Morgan fingerprint density at radius 1 is 0.382 bits per heavy atom. The fourth-order valence-electron chi connectivity index (χ4n) is 9.80. The molecule has 1 saturated carbocycles. The number of benzene rings is 8. The highest BCUT2D eigenvalue weighted by atomic mass is 15.1. The first-order chi connectivity index (χ1) is 27.2. The number of aromatic nitrogens is 1. The molecule has 0 N–H and O–H groups in total. The largest absolute Gasteiger partial charge is 0.310 e. The van der Waals surface area contributed by atoms with Crippen LogP contribution < -0.4 is 4.90 Å². The van der Waals surface area contributed by atoms with Gasteiger partial charge >= 0.3 is 0 Å². The number of nitrogens with zero attached hydrogens (tertiary/aromatic N) is 2. The van der Waals surface area contributed by atoms with Crippen LogP contribution in [0, 0.1) is 0 Å². The third-order valence-corrected chi connectivity index (χ3v) is 12.3. The number of para-hydroxylation sites is 2. The maximum atomic E-state index is 2.46. The number of rotatable bonds is 6. The maximum absolute atomic E-state index is 2.46. The zero-order valence-electron chi connectivity index (χ0n) is 30.7. The number of hydrogen-bond acceptors (Lipinski definition) is 1. The van der Waals surface area contributed by atoms with Gasteiger partial charge in [-0.15, -0.1) is 0 Å².